The molecule has 1 aromatic heterocycles. The van der Waals surface area contributed by atoms with Crippen LogP contribution in [0.25, 0.3) is 10.4 Å². The number of amides is 2. The van der Waals surface area contributed by atoms with Gasteiger partial charge in [0.15, 0.2) is 6.29 Å². The number of hydrogen-bond donors (Lipinski definition) is 4. The number of urea groups is 1. The first kappa shape index (κ1) is 13.5. The lowest BCUT2D eigenvalue weighted by Crippen LogP contribution is -2.38. The zero-order valence-corrected chi connectivity index (χ0v) is 10.8. The number of hydrogen-bond acceptors (Lipinski definition) is 4. The standard InChI is InChI=1S/C13H14N2O3S/c14-13(18)15-11(12(16)17)10-7-6-9(19-10)8-4-2-1-3-5-8/h1-7,11-12,16-17H,(H3,14,15,18). The van der Waals surface area contributed by atoms with Crippen LogP contribution in [0.3, 0.4) is 0 Å². The number of aliphatic hydroxyl groups is 2. The Morgan fingerprint density at radius 3 is 2.42 bits per heavy atom. The van der Waals surface area contributed by atoms with Gasteiger partial charge in [-0.3, -0.25) is 0 Å². The molecular weight excluding hydrogens is 264 g/mol. The van der Waals surface area contributed by atoms with Crippen molar-refractivity contribution in [1.29, 1.82) is 0 Å². The summed E-state index contributed by atoms with van der Waals surface area (Å²) in [4.78, 5) is 12.5. The lowest BCUT2D eigenvalue weighted by molar-refractivity contribution is -0.0642. The summed E-state index contributed by atoms with van der Waals surface area (Å²) in [6, 6.07) is 11.6. The maximum Gasteiger partial charge on any atom is 0.312 e. The van der Waals surface area contributed by atoms with Gasteiger partial charge in [0.2, 0.25) is 0 Å². The van der Waals surface area contributed by atoms with Crippen molar-refractivity contribution >= 4 is 17.4 Å². The van der Waals surface area contributed by atoms with Crippen molar-refractivity contribution in [3.63, 3.8) is 0 Å². The van der Waals surface area contributed by atoms with Crippen molar-refractivity contribution in [2.75, 3.05) is 0 Å². The number of rotatable bonds is 4. The topological polar surface area (TPSA) is 95.6 Å². The fourth-order valence-corrected chi connectivity index (χ4v) is 2.81. The minimum absolute atomic E-state index is 0.632. The van der Waals surface area contributed by atoms with Gasteiger partial charge < -0.3 is 21.3 Å². The van der Waals surface area contributed by atoms with Crippen LogP contribution >= 0.6 is 11.3 Å². The Balaban J connectivity index is 2.26. The molecule has 2 aromatic rings. The third-order valence-electron chi connectivity index (χ3n) is 2.59. The molecule has 1 unspecified atom stereocenters. The number of aliphatic hydroxyl groups excluding tert-OH is 1. The van der Waals surface area contributed by atoms with E-state index in [1.54, 1.807) is 6.07 Å². The average molecular weight is 278 g/mol. The second-order valence-corrected chi connectivity index (χ2v) is 5.08. The van der Waals surface area contributed by atoms with E-state index in [1.807, 2.05) is 36.4 Å². The van der Waals surface area contributed by atoms with Gasteiger partial charge in [-0.05, 0) is 17.7 Å². The highest BCUT2D eigenvalue weighted by molar-refractivity contribution is 7.15. The predicted molar refractivity (Wildman–Crippen MR) is 73.4 cm³/mol. The van der Waals surface area contributed by atoms with E-state index in [9.17, 15) is 15.0 Å². The van der Waals surface area contributed by atoms with Crippen LogP contribution in [0, 0.1) is 0 Å². The molecule has 0 radical (unpaired) electrons. The SMILES string of the molecule is NC(=O)NC(c1ccc(-c2ccccc2)s1)C(O)O. The van der Waals surface area contributed by atoms with Crippen molar-refractivity contribution < 1.29 is 15.0 Å². The summed E-state index contributed by atoms with van der Waals surface area (Å²) < 4.78 is 0. The van der Waals surface area contributed by atoms with Gasteiger partial charge in [0, 0.05) is 9.75 Å². The third-order valence-corrected chi connectivity index (χ3v) is 3.80. The molecule has 2 amide bonds. The number of carbonyl (C=O) groups is 1. The van der Waals surface area contributed by atoms with Crippen molar-refractivity contribution in [2.45, 2.75) is 12.3 Å². The van der Waals surface area contributed by atoms with Crippen LogP contribution in [0.4, 0.5) is 4.79 Å². The highest BCUT2D eigenvalue weighted by Crippen LogP contribution is 2.32. The second-order valence-electron chi connectivity index (χ2n) is 3.97. The molecule has 19 heavy (non-hydrogen) atoms. The molecule has 0 fully saturated rings. The first-order valence-corrected chi connectivity index (χ1v) is 6.47. The van der Waals surface area contributed by atoms with E-state index in [0.29, 0.717) is 4.88 Å². The number of nitrogens with one attached hydrogen (secondary N) is 1. The number of primary amides is 1. The second kappa shape index (κ2) is 5.83. The molecule has 0 spiro atoms. The van der Waals surface area contributed by atoms with Crippen LogP contribution in [0.1, 0.15) is 10.9 Å². The summed E-state index contributed by atoms with van der Waals surface area (Å²) in [6.07, 6.45) is -1.70. The van der Waals surface area contributed by atoms with E-state index in [2.05, 4.69) is 5.32 Å². The fraction of sp³-hybridized carbons (Fsp3) is 0.154. The Bertz CT molecular complexity index is 554. The first-order valence-electron chi connectivity index (χ1n) is 5.65. The zero-order valence-electron chi connectivity index (χ0n) is 9.98. The van der Waals surface area contributed by atoms with E-state index < -0.39 is 18.4 Å². The maximum absolute atomic E-state index is 10.9. The molecule has 6 heteroatoms. The summed E-state index contributed by atoms with van der Waals surface area (Å²) in [5.41, 5.74) is 6.05. The summed E-state index contributed by atoms with van der Waals surface area (Å²) in [5, 5.41) is 20.9. The van der Waals surface area contributed by atoms with Crippen molar-refractivity contribution in [3.05, 3.63) is 47.3 Å². The monoisotopic (exact) mass is 278 g/mol. The molecule has 5 N–H and O–H groups in total. The number of benzene rings is 1. The number of nitrogens with two attached hydrogens (primary N) is 1. The Morgan fingerprint density at radius 1 is 1.16 bits per heavy atom. The summed E-state index contributed by atoms with van der Waals surface area (Å²) in [7, 11) is 0. The molecule has 1 atom stereocenters. The molecule has 2 rings (SSSR count). The predicted octanol–water partition coefficient (Wildman–Crippen LogP) is 1.44. The molecule has 0 aliphatic rings. The van der Waals surface area contributed by atoms with Crippen LogP contribution in [0.15, 0.2) is 42.5 Å². The van der Waals surface area contributed by atoms with Gasteiger partial charge >= 0.3 is 6.03 Å². The summed E-state index contributed by atoms with van der Waals surface area (Å²) >= 11 is 1.37. The Hall–Kier alpha value is -1.89. The van der Waals surface area contributed by atoms with Gasteiger partial charge in [-0.1, -0.05) is 30.3 Å². The molecule has 1 aromatic carbocycles. The average Bonchev–Trinajstić information content (AvgIpc) is 2.86. The van der Waals surface area contributed by atoms with Gasteiger partial charge in [0.25, 0.3) is 0 Å². The summed E-state index contributed by atoms with van der Waals surface area (Å²) in [6.45, 7) is 0. The van der Waals surface area contributed by atoms with Gasteiger partial charge in [-0.2, -0.15) is 0 Å². The lowest BCUT2D eigenvalue weighted by Gasteiger charge is -2.17. The number of carbonyl (C=O) groups excluding carboxylic acids is 1. The van der Waals surface area contributed by atoms with Crippen LogP contribution < -0.4 is 11.1 Å². The Kier molecular flexibility index (Phi) is 4.16. The molecule has 0 aliphatic heterocycles. The molecule has 0 saturated carbocycles. The molecule has 0 aliphatic carbocycles. The minimum Gasteiger partial charge on any atom is -0.366 e. The van der Waals surface area contributed by atoms with Crippen LogP contribution in [0.2, 0.25) is 0 Å². The van der Waals surface area contributed by atoms with Crippen LogP contribution in [-0.2, 0) is 0 Å². The van der Waals surface area contributed by atoms with Crippen molar-refractivity contribution in [2.24, 2.45) is 5.73 Å². The van der Waals surface area contributed by atoms with E-state index in [4.69, 9.17) is 5.73 Å². The highest BCUT2D eigenvalue weighted by atomic mass is 32.1. The Labute approximate surface area is 114 Å². The Morgan fingerprint density at radius 2 is 1.84 bits per heavy atom. The third kappa shape index (κ3) is 3.31. The molecule has 0 saturated heterocycles. The smallest absolute Gasteiger partial charge is 0.312 e. The highest BCUT2D eigenvalue weighted by Gasteiger charge is 2.22. The van der Waals surface area contributed by atoms with Gasteiger partial charge in [-0.15, -0.1) is 11.3 Å². The van der Waals surface area contributed by atoms with Crippen LogP contribution in [-0.4, -0.2) is 22.5 Å². The molecule has 5 nitrogen and oxygen atoms in total. The zero-order chi connectivity index (χ0) is 13.8. The molecular formula is C13H14N2O3S. The number of thiophene rings is 1. The fourth-order valence-electron chi connectivity index (χ4n) is 1.72. The van der Waals surface area contributed by atoms with Gasteiger partial charge in [0.1, 0.15) is 6.04 Å². The molecule has 0 bridgehead atoms. The van der Waals surface area contributed by atoms with Crippen molar-refractivity contribution in [1.82, 2.24) is 5.32 Å². The lowest BCUT2D eigenvalue weighted by atomic mass is 10.2. The molecule has 1 heterocycles. The van der Waals surface area contributed by atoms with Gasteiger partial charge in [0.05, 0.1) is 0 Å². The van der Waals surface area contributed by atoms with E-state index >= 15 is 0 Å². The molecule has 100 valence electrons. The minimum atomic E-state index is -1.70. The van der Waals surface area contributed by atoms with Gasteiger partial charge in [-0.25, -0.2) is 4.79 Å². The largest absolute Gasteiger partial charge is 0.366 e. The normalized spacial score (nSPS) is 12.4. The quantitative estimate of drug-likeness (QED) is 0.637. The summed E-state index contributed by atoms with van der Waals surface area (Å²) in [5.74, 6) is 0. The van der Waals surface area contributed by atoms with Crippen LogP contribution in [0.5, 0.6) is 0 Å². The maximum atomic E-state index is 10.9. The van der Waals surface area contributed by atoms with E-state index in [0.717, 1.165) is 10.4 Å². The first-order chi connectivity index (χ1) is 9.08. The van der Waals surface area contributed by atoms with E-state index in [-0.39, 0.29) is 0 Å². The van der Waals surface area contributed by atoms with Crippen molar-refractivity contribution in [3.8, 4) is 10.4 Å². The van der Waals surface area contributed by atoms with E-state index in [1.165, 1.54) is 11.3 Å².